The fourth-order valence-electron chi connectivity index (χ4n) is 4.86. The van der Waals surface area contributed by atoms with Gasteiger partial charge >= 0.3 is 6.09 Å². The van der Waals surface area contributed by atoms with Gasteiger partial charge in [-0.2, -0.15) is 0 Å². The van der Waals surface area contributed by atoms with E-state index in [-0.39, 0.29) is 24.3 Å². The molecule has 212 valence electrons. The Labute approximate surface area is 234 Å². The molecule has 0 fully saturated rings. The molecule has 0 radical (unpaired) electrons. The van der Waals surface area contributed by atoms with Gasteiger partial charge in [-0.15, -0.1) is 0 Å². The van der Waals surface area contributed by atoms with Crippen molar-refractivity contribution in [3.8, 4) is 0 Å². The number of nitrogens with one attached hydrogen (secondary N) is 1. The van der Waals surface area contributed by atoms with Gasteiger partial charge < -0.3 is 15.0 Å². The molecule has 0 saturated heterocycles. The Balaban J connectivity index is 1.39. The largest absolute Gasteiger partial charge is 0.445 e. The molecule has 11 heteroatoms. The molecule has 3 heterocycles. The molecule has 1 aliphatic rings. The molecule has 1 N–H and O–H groups in total. The monoisotopic (exact) mass is 563 g/mol. The van der Waals surface area contributed by atoms with Gasteiger partial charge in [-0.25, -0.2) is 27.9 Å². The van der Waals surface area contributed by atoms with E-state index >= 15 is 0 Å². The highest BCUT2D eigenvalue weighted by molar-refractivity contribution is 5.89. The quantitative estimate of drug-likeness (QED) is 0.297. The van der Waals surface area contributed by atoms with Crippen LogP contribution in [-0.4, -0.2) is 38.6 Å². The summed E-state index contributed by atoms with van der Waals surface area (Å²) in [4.78, 5) is 36.0. The van der Waals surface area contributed by atoms with E-state index in [1.165, 1.54) is 23.0 Å². The maximum atomic E-state index is 14.8. The van der Waals surface area contributed by atoms with Crippen LogP contribution in [0.1, 0.15) is 48.1 Å². The number of carbonyl (C=O) groups excluding carboxylic acids is 1. The highest BCUT2D eigenvalue weighted by atomic mass is 19.3. The molecule has 0 unspecified atom stereocenters. The Hall–Kier alpha value is -4.67. The molecular formula is C30H28F3N5O3. The zero-order valence-electron chi connectivity index (χ0n) is 22.5. The molecule has 2 aromatic carbocycles. The molecule has 1 aliphatic heterocycles. The summed E-state index contributed by atoms with van der Waals surface area (Å²) in [6.45, 7) is 2.45. The van der Waals surface area contributed by atoms with Gasteiger partial charge in [-0.3, -0.25) is 9.36 Å². The first-order chi connectivity index (χ1) is 19.7. The van der Waals surface area contributed by atoms with E-state index in [0.717, 1.165) is 17.2 Å². The number of aromatic nitrogens is 3. The van der Waals surface area contributed by atoms with Gasteiger partial charge in [0, 0.05) is 31.3 Å². The average Bonchev–Trinajstić information content (AvgIpc) is 2.98. The number of nitrogens with zero attached hydrogens (tertiary/aromatic N) is 4. The normalized spacial score (nSPS) is 14.2. The molecule has 41 heavy (non-hydrogen) atoms. The minimum atomic E-state index is -2.94. The van der Waals surface area contributed by atoms with E-state index in [2.05, 4.69) is 15.3 Å². The summed E-state index contributed by atoms with van der Waals surface area (Å²) in [6.07, 6.45) is 0.152. The summed E-state index contributed by atoms with van der Waals surface area (Å²) >= 11 is 0. The second kappa shape index (κ2) is 11.8. The van der Waals surface area contributed by atoms with E-state index in [4.69, 9.17) is 4.74 Å². The number of rotatable bonds is 7. The average molecular weight is 564 g/mol. The number of benzene rings is 2. The van der Waals surface area contributed by atoms with Crippen LogP contribution in [-0.2, 0) is 18.4 Å². The van der Waals surface area contributed by atoms with Crippen LogP contribution in [0.3, 0.4) is 0 Å². The van der Waals surface area contributed by atoms with Gasteiger partial charge in [-0.1, -0.05) is 54.6 Å². The van der Waals surface area contributed by atoms with Crippen LogP contribution in [0.2, 0.25) is 0 Å². The highest BCUT2D eigenvalue weighted by Gasteiger charge is 2.23. The lowest BCUT2D eigenvalue weighted by molar-refractivity contribution is 0.0998. The van der Waals surface area contributed by atoms with Crippen molar-refractivity contribution in [2.24, 2.45) is 7.05 Å². The molecule has 0 spiro atoms. The lowest BCUT2D eigenvalue weighted by Gasteiger charge is -2.26. The third kappa shape index (κ3) is 5.79. The summed E-state index contributed by atoms with van der Waals surface area (Å²) in [6, 6.07) is 14.2. The van der Waals surface area contributed by atoms with E-state index in [1.54, 1.807) is 24.9 Å². The van der Waals surface area contributed by atoms with Crippen LogP contribution < -0.4 is 10.9 Å². The fraction of sp³-hybridized carbons (Fsp3) is 0.267. The summed E-state index contributed by atoms with van der Waals surface area (Å²) in [7, 11) is 1.59. The van der Waals surface area contributed by atoms with Crippen LogP contribution in [0.5, 0.6) is 0 Å². The van der Waals surface area contributed by atoms with Crippen molar-refractivity contribution in [1.29, 1.82) is 0 Å². The number of hydrogen-bond acceptors (Lipinski definition) is 6. The second-order valence-electron chi connectivity index (χ2n) is 9.76. The van der Waals surface area contributed by atoms with Crippen LogP contribution in [0, 0.1) is 5.82 Å². The Kier molecular flexibility index (Phi) is 8.04. The van der Waals surface area contributed by atoms with E-state index < -0.39 is 29.9 Å². The van der Waals surface area contributed by atoms with Crippen molar-refractivity contribution in [3.63, 3.8) is 0 Å². The van der Waals surface area contributed by atoms with Gasteiger partial charge in [0.2, 0.25) is 0 Å². The summed E-state index contributed by atoms with van der Waals surface area (Å²) in [5, 5.41) is 3.60. The van der Waals surface area contributed by atoms with Crippen LogP contribution in [0.15, 0.2) is 71.8 Å². The van der Waals surface area contributed by atoms with Crippen LogP contribution in [0.4, 0.5) is 23.8 Å². The molecule has 4 aromatic rings. The maximum absolute atomic E-state index is 14.8. The topological polar surface area (TPSA) is 89.4 Å². The Bertz CT molecular complexity index is 1670. The Morgan fingerprint density at radius 1 is 1.10 bits per heavy atom. The fourth-order valence-corrected chi connectivity index (χ4v) is 4.86. The number of carbonyl (C=O) groups is 1. The maximum Gasteiger partial charge on any atom is 0.410 e. The molecule has 1 amide bonds. The first kappa shape index (κ1) is 27.9. The van der Waals surface area contributed by atoms with E-state index in [9.17, 15) is 22.8 Å². The van der Waals surface area contributed by atoms with Gasteiger partial charge in [0.15, 0.2) is 0 Å². The summed E-state index contributed by atoms with van der Waals surface area (Å²) in [5.41, 5.74) is 1.56. The number of alkyl halides is 2. The van der Waals surface area contributed by atoms with Gasteiger partial charge in [0.05, 0.1) is 17.0 Å². The zero-order chi connectivity index (χ0) is 29.1. The molecule has 0 aliphatic carbocycles. The number of hydrogen-bond donors (Lipinski definition) is 1. The summed E-state index contributed by atoms with van der Waals surface area (Å²) in [5.74, 6) is -0.656. The van der Waals surface area contributed by atoms with Gasteiger partial charge in [0.1, 0.15) is 30.2 Å². The number of fused-ring (bicyclic) bond motifs is 1. The first-order valence-corrected chi connectivity index (χ1v) is 13.1. The minimum absolute atomic E-state index is 0.0637. The Morgan fingerprint density at radius 3 is 2.56 bits per heavy atom. The van der Waals surface area contributed by atoms with Crippen molar-refractivity contribution in [1.82, 2.24) is 19.4 Å². The molecule has 8 nitrogen and oxygen atoms in total. The van der Waals surface area contributed by atoms with Gasteiger partial charge in [-0.05, 0) is 30.5 Å². The number of ether oxygens (including phenoxy) is 1. The Morgan fingerprint density at radius 2 is 1.85 bits per heavy atom. The van der Waals surface area contributed by atoms with Crippen molar-refractivity contribution < 1.29 is 22.7 Å². The number of aryl methyl sites for hydroxylation is 1. The number of anilines is 1. The molecular weight excluding hydrogens is 535 g/mol. The van der Waals surface area contributed by atoms with Crippen molar-refractivity contribution >= 4 is 28.5 Å². The molecule has 5 rings (SSSR count). The van der Waals surface area contributed by atoms with E-state index in [0.29, 0.717) is 35.4 Å². The van der Waals surface area contributed by atoms with E-state index in [1.807, 2.05) is 36.4 Å². The first-order valence-electron chi connectivity index (χ1n) is 13.1. The van der Waals surface area contributed by atoms with Crippen molar-refractivity contribution in [2.75, 3.05) is 18.4 Å². The smallest absolute Gasteiger partial charge is 0.410 e. The van der Waals surface area contributed by atoms with Crippen molar-refractivity contribution in [2.45, 2.75) is 32.4 Å². The standard InChI is InChI=1S/C30H28F3N5O3/c1-18(21-9-6-10-22(25(21)31)26(32)33)36-27-24-15-23(29(39)37(2)28(24)35-17-34-27)20-11-13-38(14-12-20)30(40)41-16-19-7-4-3-5-8-19/h3-11,15,17-18,26H,12-14,16H2,1-2H3,(H,34,35,36)/t18-/m1/s1. The number of amides is 1. The molecule has 0 bridgehead atoms. The third-order valence-corrected chi connectivity index (χ3v) is 7.14. The predicted octanol–water partition coefficient (Wildman–Crippen LogP) is 6.00. The highest BCUT2D eigenvalue weighted by Crippen LogP contribution is 2.31. The SMILES string of the molecule is C[C@@H](Nc1ncnc2c1cc(C1=CCN(C(=O)OCc3ccccc3)CC1)c(=O)n2C)c1cccc(C(F)F)c1F. The zero-order valence-corrected chi connectivity index (χ0v) is 22.5. The molecule has 2 aromatic heterocycles. The van der Waals surface area contributed by atoms with Crippen LogP contribution in [0.25, 0.3) is 16.6 Å². The van der Waals surface area contributed by atoms with Crippen molar-refractivity contribution in [3.05, 3.63) is 105 Å². The second-order valence-corrected chi connectivity index (χ2v) is 9.76. The lowest BCUT2D eigenvalue weighted by atomic mass is 9.99. The summed E-state index contributed by atoms with van der Waals surface area (Å²) < 4.78 is 48.1. The molecule has 1 atom stereocenters. The third-order valence-electron chi connectivity index (χ3n) is 7.14. The predicted molar refractivity (Wildman–Crippen MR) is 149 cm³/mol. The lowest BCUT2D eigenvalue weighted by Crippen LogP contribution is -2.35. The van der Waals surface area contributed by atoms with Crippen LogP contribution >= 0.6 is 0 Å². The minimum Gasteiger partial charge on any atom is -0.445 e. The molecule has 0 saturated carbocycles. The van der Waals surface area contributed by atoms with Gasteiger partial charge in [0.25, 0.3) is 12.0 Å². The number of pyridine rings is 1. The number of halogens is 3.